The molecule has 2 aromatic carbocycles. The molecule has 1 atom stereocenters. The summed E-state index contributed by atoms with van der Waals surface area (Å²) >= 11 is 0. The third-order valence-electron chi connectivity index (χ3n) is 3.67. The summed E-state index contributed by atoms with van der Waals surface area (Å²) in [6, 6.07) is 11.8. The van der Waals surface area contributed by atoms with Gasteiger partial charge in [0.25, 0.3) is 0 Å². The largest absolute Gasteiger partial charge is 0.496 e. The predicted molar refractivity (Wildman–Crippen MR) is 84.6 cm³/mol. The van der Waals surface area contributed by atoms with Crippen LogP contribution in [0.4, 0.5) is 0 Å². The van der Waals surface area contributed by atoms with Gasteiger partial charge in [0.2, 0.25) is 0 Å². The number of rotatable bonds is 5. The van der Waals surface area contributed by atoms with E-state index in [0.717, 1.165) is 28.2 Å². The van der Waals surface area contributed by atoms with Gasteiger partial charge in [0.1, 0.15) is 11.5 Å². The third-order valence-corrected chi connectivity index (χ3v) is 3.67. The Morgan fingerprint density at radius 3 is 2.14 bits per heavy atom. The van der Waals surface area contributed by atoms with Gasteiger partial charge in [-0.3, -0.25) is 5.84 Å². The molecule has 4 nitrogen and oxygen atoms in total. The van der Waals surface area contributed by atoms with Crippen molar-refractivity contribution >= 4 is 0 Å². The monoisotopic (exact) mass is 286 g/mol. The summed E-state index contributed by atoms with van der Waals surface area (Å²) in [4.78, 5) is 0. The number of nitrogens with two attached hydrogens (primary N) is 1. The van der Waals surface area contributed by atoms with Crippen molar-refractivity contribution in [2.75, 3.05) is 14.2 Å². The highest BCUT2D eigenvalue weighted by atomic mass is 16.5. The van der Waals surface area contributed by atoms with E-state index in [9.17, 15) is 0 Å². The van der Waals surface area contributed by atoms with Gasteiger partial charge in [-0.15, -0.1) is 0 Å². The molecule has 2 rings (SSSR count). The van der Waals surface area contributed by atoms with Crippen molar-refractivity contribution < 1.29 is 9.47 Å². The van der Waals surface area contributed by atoms with E-state index in [1.54, 1.807) is 14.2 Å². The maximum atomic E-state index is 5.84. The van der Waals surface area contributed by atoms with E-state index in [1.165, 1.54) is 5.56 Å². The van der Waals surface area contributed by atoms with Crippen LogP contribution in [0, 0.1) is 13.8 Å². The Morgan fingerprint density at radius 2 is 1.62 bits per heavy atom. The first-order valence-corrected chi connectivity index (χ1v) is 6.86. The molecule has 0 amide bonds. The van der Waals surface area contributed by atoms with E-state index in [1.807, 2.05) is 18.2 Å². The zero-order valence-electron chi connectivity index (χ0n) is 12.9. The molecular weight excluding hydrogens is 264 g/mol. The Bertz CT molecular complexity index is 604. The fourth-order valence-corrected chi connectivity index (χ4v) is 2.56. The van der Waals surface area contributed by atoms with Crippen molar-refractivity contribution in [3.05, 3.63) is 58.7 Å². The molecule has 3 N–H and O–H groups in total. The van der Waals surface area contributed by atoms with Gasteiger partial charge in [0, 0.05) is 0 Å². The molecule has 0 spiro atoms. The average molecular weight is 286 g/mol. The molecule has 1 unspecified atom stereocenters. The van der Waals surface area contributed by atoms with Crippen molar-refractivity contribution in [2.45, 2.75) is 19.9 Å². The number of hydrazine groups is 1. The molecule has 0 radical (unpaired) electrons. The van der Waals surface area contributed by atoms with Gasteiger partial charge in [-0.2, -0.15) is 0 Å². The van der Waals surface area contributed by atoms with Crippen LogP contribution in [0.1, 0.15) is 28.3 Å². The molecule has 21 heavy (non-hydrogen) atoms. The molecule has 4 heteroatoms. The number of benzene rings is 2. The molecule has 0 aromatic heterocycles. The molecule has 0 saturated heterocycles. The van der Waals surface area contributed by atoms with Crippen LogP contribution in [0.5, 0.6) is 11.5 Å². The minimum absolute atomic E-state index is 0.198. The molecule has 0 saturated carbocycles. The summed E-state index contributed by atoms with van der Waals surface area (Å²) in [5.74, 6) is 7.34. The SMILES string of the molecule is COc1cccc(OC)c1C(NN)c1cc(C)ccc1C. The third kappa shape index (κ3) is 3.01. The van der Waals surface area contributed by atoms with Crippen LogP contribution in [-0.2, 0) is 0 Å². The minimum Gasteiger partial charge on any atom is -0.496 e. The van der Waals surface area contributed by atoms with E-state index in [-0.39, 0.29) is 6.04 Å². The smallest absolute Gasteiger partial charge is 0.127 e. The summed E-state index contributed by atoms with van der Waals surface area (Å²) in [5, 5.41) is 0. The fourth-order valence-electron chi connectivity index (χ4n) is 2.56. The molecule has 0 heterocycles. The van der Waals surface area contributed by atoms with Crippen LogP contribution >= 0.6 is 0 Å². The Balaban J connectivity index is 2.63. The summed E-state index contributed by atoms with van der Waals surface area (Å²) < 4.78 is 11.0. The molecular formula is C17H22N2O2. The van der Waals surface area contributed by atoms with Gasteiger partial charge >= 0.3 is 0 Å². The van der Waals surface area contributed by atoms with E-state index < -0.39 is 0 Å². The van der Waals surface area contributed by atoms with Crippen molar-refractivity contribution in [3.8, 4) is 11.5 Å². The van der Waals surface area contributed by atoms with Gasteiger partial charge in [0.05, 0.1) is 25.8 Å². The van der Waals surface area contributed by atoms with E-state index in [2.05, 4.69) is 37.5 Å². The van der Waals surface area contributed by atoms with Crippen LogP contribution in [0.15, 0.2) is 36.4 Å². The second-order valence-corrected chi connectivity index (χ2v) is 5.04. The summed E-state index contributed by atoms with van der Waals surface area (Å²) in [7, 11) is 3.30. The number of nitrogens with one attached hydrogen (secondary N) is 1. The highest BCUT2D eigenvalue weighted by Crippen LogP contribution is 2.38. The lowest BCUT2D eigenvalue weighted by atomic mass is 9.93. The molecule has 0 bridgehead atoms. The quantitative estimate of drug-likeness (QED) is 0.655. The van der Waals surface area contributed by atoms with Gasteiger partial charge in [-0.25, -0.2) is 5.43 Å². The molecule has 0 fully saturated rings. The Morgan fingerprint density at radius 1 is 1.00 bits per heavy atom. The van der Waals surface area contributed by atoms with Crippen molar-refractivity contribution in [3.63, 3.8) is 0 Å². The summed E-state index contributed by atoms with van der Waals surface area (Å²) in [6.07, 6.45) is 0. The zero-order valence-corrected chi connectivity index (χ0v) is 12.9. The first kappa shape index (κ1) is 15.4. The molecule has 0 aliphatic heterocycles. The summed E-state index contributed by atoms with van der Waals surface area (Å²) in [6.45, 7) is 4.14. The van der Waals surface area contributed by atoms with Crippen molar-refractivity contribution in [1.29, 1.82) is 0 Å². The highest BCUT2D eigenvalue weighted by molar-refractivity contribution is 5.52. The fraction of sp³-hybridized carbons (Fsp3) is 0.294. The second kappa shape index (κ2) is 6.61. The van der Waals surface area contributed by atoms with E-state index in [4.69, 9.17) is 15.3 Å². The maximum absolute atomic E-state index is 5.84. The number of ether oxygens (including phenoxy) is 2. The number of hydrogen-bond acceptors (Lipinski definition) is 4. The van der Waals surface area contributed by atoms with Crippen molar-refractivity contribution in [2.24, 2.45) is 5.84 Å². The molecule has 0 aliphatic carbocycles. The molecule has 112 valence electrons. The van der Waals surface area contributed by atoms with Gasteiger partial charge in [-0.05, 0) is 37.1 Å². The van der Waals surface area contributed by atoms with Crippen LogP contribution in [-0.4, -0.2) is 14.2 Å². The van der Waals surface area contributed by atoms with E-state index >= 15 is 0 Å². The maximum Gasteiger partial charge on any atom is 0.127 e. The predicted octanol–water partition coefficient (Wildman–Crippen LogP) is 2.87. The standard InChI is InChI=1S/C17H22N2O2/c1-11-8-9-12(2)13(10-11)17(19-18)16-14(20-3)6-5-7-15(16)21-4/h5-10,17,19H,18H2,1-4H3. The highest BCUT2D eigenvalue weighted by Gasteiger charge is 2.23. The lowest BCUT2D eigenvalue weighted by Crippen LogP contribution is -2.30. The van der Waals surface area contributed by atoms with Crippen LogP contribution < -0.4 is 20.7 Å². The minimum atomic E-state index is -0.198. The van der Waals surface area contributed by atoms with Gasteiger partial charge < -0.3 is 9.47 Å². The molecule has 0 aliphatic rings. The normalized spacial score (nSPS) is 12.0. The Hall–Kier alpha value is -2.04. The lowest BCUT2D eigenvalue weighted by molar-refractivity contribution is 0.377. The zero-order chi connectivity index (χ0) is 15.4. The van der Waals surface area contributed by atoms with Crippen molar-refractivity contribution in [1.82, 2.24) is 5.43 Å². The Labute approximate surface area is 125 Å². The number of aryl methyl sites for hydroxylation is 2. The summed E-state index contributed by atoms with van der Waals surface area (Å²) in [5.41, 5.74) is 7.25. The first-order chi connectivity index (χ1) is 10.1. The first-order valence-electron chi connectivity index (χ1n) is 6.86. The van der Waals surface area contributed by atoms with Crippen LogP contribution in [0.3, 0.4) is 0 Å². The van der Waals surface area contributed by atoms with E-state index in [0.29, 0.717) is 0 Å². The van der Waals surface area contributed by atoms with Crippen LogP contribution in [0.25, 0.3) is 0 Å². The number of methoxy groups -OCH3 is 2. The second-order valence-electron chi connectivity index (χ2n) is 5.04. The molecule has 2 aromatic rings. The van der Waals surface area contributed by atoms with Gasteiger partial charge in [-0.1, -0.05) is 29.8 Å². The Kier molecular flexibility index (Phi) is 4.83. The lowest BCUT2D eigenvalue weighted by Gasteiger charge is -2.23. The van der Waals surface area contributed by atoms with Gasteiger partial charge in [0.15, 0.2) is 0 Å². The van der Waals surface area contributed by atoms with Crippen LogP contribution in [0.2, 0.25) is 0 Å². The number of hydrogen-bond donors (Lipinski definition) is 2. The topological polar surface area (TPSA) is 56.5 Å². The average Bonchev–Trinajstić information content (AvgIpc) is 2.51.